The van der Waals surface area contributed by atoms with Gasteiger partial charge in [-0.15, -0.1) is 0 Å². The van der Waals surface area contributed by atoms with Gasteiger partial charge in [-0.1, -0.05) is 23.8 Å². The van der Waals surface area contributed by atoms with Gasteiger partial charge in [-0.05, 0) is 50.3 Å². The maximum atomic E-state index is 9.19. The Balaban J connectivity index is 2.09. The van der Waals surface area contributed by atoms with Crippen LogP contribution in [-0.2, 0) is 0 Å². The second-order valence-corrected chi connectivity index (χ2v) is 4.77. The highest BCUT2D eigenvalue weighted by atomic mass is 14.9. The summed E-state index contributed by atoms with van der Waals surface area (Å²) < 4.78 is 0. The van der Waals surface area contributed by atoms with Gasteiger partial charge in [-0.2, -0.15) is 5.26 Å². The molecular formula is C14H18N2. The van der Waals surface area contributed by atoms with Crippen LogP contribution in [0.25, 0.3) is 0 Å². The second kappa shape index (κ2) is 4.67. The molecule has 0 radical (unpaired) electrons. The number of rotatable bonds is 4. The molecule has 0 spiro atoms. The van der Waals surface area contributed by atoms with Crippen molar-refractivity contribution in [3.05, 3.63) is 34.9 Å². The van der Waals surface area contributed by atoms with Crippen LogP contribution in [-0.4, -0.2) is 6.54 Å². The summed E-state index contributed by atoms with van der Waals surface area (Å²) in [5, 5.41) is 12.5. The molecule has 0 bridgehead atoms. The maximum absolute atomic E-state index is 9.19. The van der Waals surface area contributed by atoms with Gasteiger partial charge in [0.1, 0.15) is 6.04 Å². The molecule has 0 amide bonds. The summed E-state index contributed by atoms with van der Waals surface area (Å²) in [7, 11) is 0. The predicted octanol–water partition coefficient (Wildman–Crippen LogP) is 2.87. The molecule has 0 heterocycles. The molecule has 84 valence electrons. The highest BCUT2D eigenvalue weighted by Gasteiger charge is 2.23. The van der Waals surface area contributed by atoms with Crippen molar-refractivity contribution in [2.24, 2.45) is 5.92 Å². The average Bonchev–Trinajstić information content (AvgIpc) is 3.05. The first-order valence-electron chi connectivity index (χ1n) is 5.91. The molecule has 1 fully saturated rings. The quantitative estimate of drug-likeness (QED) is 0.836. The third-order valence-electron chi connectivity index (χ3n) is 3.17. The molecule has 2 rings (SSSR count). The molecule has 1 saturated carbocycles. The average molecular weight is 214 g/mol. The van der Waals surface area contributed by atoms with E-state index in [1.54, 1.807) is 0 Å². The molecule has 1 N–H and O–H groups in total. The standard InChI is InChI=1S/C14H18N2/c1-10-3-6-13(11(2)7-10)14(8-15)16-9-12-4-5-12/h3,6-7,12,14,16H,4-5,9H2,1-2H3. The minimum atomic E-state index is -0.152. The van der Waals surface area contributed by atoms with Crippen molar-refractivity contribution in [1.29, 1.82) is 5.26 Å². The van der Waals surface area contributed by atoms with Crippen LogP contribution in [0.2, 0.25) is 0 Å². The molecule has 1 atom stereocenters. The maximum Gasteiger partial charge on any atom is 0.121 e. The summed E-state index contributed by atoms with van der Waals surface area (Å²) in [5.74, 6) is 0.807. The normalized spacial score (nSPS) is 16.8. The van der Waals surface area contributed by atoms with Gasteiger partial charge in [0.15, 0.2) is 0 Å². The summed E-state index contributed by atoms with van der Waals surface area (Å²) in [6.45, 7) is 5.13. The third kappa shape index (κ3) is 2.62. The van der Waals surface area contributed by atoms with Crippen LogP contribution in [0.3, 0.4) is 0 Å². The number of nitriles is 1. The first kappa shape index (κ1) is 11.2. The molecule has 1 aromatic carbocycles. The Morgan fingerprint density at radius 1 is 1.44 bits per heavy atom. The Kier molecular flexibility index (Phi) is 3.26. The van der Waals surface area contributed by atoms with Gasteiger partial charge in [0.05, 0.1) is 6.07 Å². The van der Waals surface area contributed by atoms with Crippen LogP contribution in [0, 0.1) is 31.1 Å². The molecular weight excluding hydrogens is 196 g/mol. The van der Waals surface area contributed by atoms with Crippen molar-refractivity contribution in [2.75, 3.05) is 6.54 Å². The molecule has 1 aliphatic carbocycles. The lowest BCUT2D eigenvalue weighted by Gasteiger charge is -2.14. The smallest absolute Gasteiger partial charge is 0.121 e. The summed E-state index contributed by atoms with van der Waals surface area (Å²) in [5.41, 5.74) is 3.57. The van der Waals surface area contributed by atoms with Crippen LogP contribution in [0.5, 0.6) is 0 Å². The van der Waals surface area contributed by atoms with E-state index in [1.807, 2.05) is 0 Å². The summed E-state index contributed by atoms with van der Waals surface area (Å²) >= 11 is 0. The Morgan fingerprint density at radius 3 is 2.75 bits per heavy atom. The van der Waals surface area contributed by atoms with Crippen LogP contribution in [0.1, 0.15) is 35.6 Å². The molecule has 2 heteroatoms. The number of hydrogen-bond acceptors (Lipinski definition) is 2. The van der Waals surface area contributed by atoms with Crippen LogP contribution in [0.15, 0.2) is 18.2 Å². The molecule has 1 unspecified atom stereocenters. The second-order valence-electron chi connectivity index (χ2n) is 4.77. The lowest BCUT2D eigenvalue weighted by Crippen LogP contribution is -2.23. The number of nitrogens with one attached hydrogen (secondary N) is 1. The topological polar surface area (TPSA) is 35.8 Å². The van der Waals surface area contributed by atoms with E-state index in [4.69, 9.17) is 0 Å². The van der Waals surface area contributed by atoms with Crippen molar-refractivity contribution in [3.8, 4) is 6.07 Å². The zero-order chi connectivity index (χ0) is 11.5. The van der Waals surface area contributed by atoms with Crippen LogP contribution < -0.4 is 5.32 Å². The Hall–Kier alpha value is -1.33. The van der Waals surface area contributed by atoms with Crippen LogP contribution in [0.4, 0.5) is 0 Å². The van der Waals surface area contributed by atoms with Gasteiger partial charge < -0.3 is 0 Å². The molecule has 0 aromatic heterocycles. The van der Waals surface area contributed by atoms with Crippen molar-refractivity contribution >= 4 is 0 Å². The Bertz CT molecular complexity index is 413. The molecule has 16 heavy (non-hydrogen) atoms. The Morgan fingerprint density at radius 2 is 2.19 bits per heavy atom. The Labute approximate surface area is 97.3 Å². The molecule has 1 aromatic rings. The fraction of sp³-hybridized carbons (Fsp3) is 0.500. The minimum absolute atomic E-state index is 0.152. The van der Waals surface area contributed by atoms with Gasteiger partial charge in [-0.3, -0.25) is 5.32 Å². The first-order chi connectivity index (χ1) is 7.70. The lowest BCUT2D eigenvalue weighted by molar-refractivity contribution is 0.591. The van der Waals surface area contributed by atoms with Gasteiger partial charge in [0, 0.05) is 0 Å². The van der Waals surface area contributed by atoms with E-state index in [0.717, 1.165) is 18.0 Å². The van der Waals surface area contributed by atoms with Gasteiger partial charge >= 0.3 is 0 Å². The summed E-state index contributed by atoms with van der Waals surface area (Å²) in [4.78, 5) is 0. The van der Waals surface area contributed by atoms with Crippen LogP contribution >= 0.6 is 0 Å². The molecule has 0 aliphatic heterocycles. The van der Waals surface area contributed by atoms with Gasteiger partial charge in [0.25, 0.3) is 0 Å². The third-order valence-corrected chi connectivity index (χ3v) is 3.17. The molecule has 0 saturated heterocycles. The predicted molar refractivity (Wildman–Crippen MR) is 65.0 cm³/mol. The van der Waals surface area contributed by atoms with E-state index < -0.39 is 0 Å². The fourth-order valence-corrected chi connectivity index (χ4v) is 1.98. The number of hydrogen-bond donors (Lipinski definition) is 1. The summed E-state index contributed by atoms with van der Waals surface area (Å²) in [6.07, 6.45) is 2.63. The zero-order valence-corrected chi connectivity index (χ0v) is 9.96. The van der Waals surface area contributed by atoms with Crippen molar-refractivity contribution in [2.45, 2.75) is 32.7 Å². The van der Waals surface area contributed by atoms with Crippen molar-refractivity contribution in [1.82, 2.24) is 5.32 Å². The molecule has 1 aliphatic rings. The van der Waals surface area contributed by atoms with E-state index in [9.17, 15) is 5.26 Å². The van der Waals surface area contributed by atoms with E-state index in [-0.39, 0.29) is 6.04 Å². The SMILES string of the molecule is Cc1ccc(C(C#N)NCC2CC2)c(C)c1. The molecule has 2 nitrogen and oxygen atoms in total. The van der Waals surface area contributed by atoms with Gasteiger partial charge in [0.2, 0.25) is 0 Å². The minimum Gasteiger partial charge on any atom is -0.298 e. The largest absolute Gasteiger partial charge is 0.298 e. The number of aryl methyl sites for hydroxylation is 2. The van der Waals surface area contributed by atoms with Crippen molar-refractivity contribution < 1.29 is 0 Å². The number of benzene rings is 1. The monoisotopic (exact) mass is 214 g/mol. The highest BCUT2D eigenvalue weighted by molar-refractivity contribution is 5.35. The van der Waals surface area contributed by atoms with E-state index in [2.05, 4.69) is 43.4 Å². The lowest BCUT2D eigenvalue weighted by atomic mass is 10.00. The van der Waals surface area contributed by atoms with E-state index in [0.29, 0.717) is 0 Å². The first-order valence-corrected chi connectivity index (χ1v) is 5.91. The van der Waals surface area contributed by atoms with E-state index in [1.165, 1.54) is 24.0 Å². The number of nitrogens with zero attached hydrogens (tertiary/aromatic N) is 1. The fourth-order valence-electron chi connectivity index (χ4n) is 1.98. The van der Waals surface area contributed by atoms with E-state index >= 15 is 0 Å². The summed E-state index contributed by atoms with van der Waals surface area (Å²) in [6, 6.07) is 8.48. The highest BCUT2D eigenvalue weighted by Crippen LogP contribution is 2.29. The zero-order valence-electron chi connectivity index (χ0n) is 9.96. The van der Waals surface area contributed by atoms with Gasteiger partial charge in [-0.25, -0.2) is 0 Å². The van der Waals surface area contributed by atoms with Crippen molar-refractivity contribution in [3.63, 3.8) is 0 Å².